The fraction of sp³-hybridized carbons (Fsp3) is 0.250. The molecule has 1 amide bonds. The maximum absolute atomic E-state index is 12.8. The van der Waals surface area contributed by atoms with E-state index in [1.165, 1.54) is 12.0 Å². The van der Waals surface area contributed by atoms with Gasteiger partial charge in [-0.25, -0.2) is 9.59 Å². The Morgan fingerprint density at radius 2 is 2.00 bits per heavy atom. The van der Waals surface area contributed by atoms with Gasteiger partial charge in [0.1, 0.15) is 5.70 Å². The van der Waals surface area contributed by atoms with Gasteiger partial charge in [-0.1, -0.05) is 24.3 Å². The quantitative estimate of drug-likeness (QED) is 0.647. The number of carbonyl (C=O) groups excluding carboxylic acids is 2. The number of aromatic carboxylic acids is 1. The number of esters is 1. The fourth-order valence-electron chi connectivity index (χ4n) is 3.31. The predicted octanol–water partition coefficient (Wildman–Crippen LogP) is 1.52. The van der Waals surface area contributed by atoms with Crippen LogP contribution in [0.1, 0.15) is 15.9 Å². The van der Waals surface area contributed by atoms with Gasteiger partial charge < -0.3 is 25.2 Å². The molecule has 8 nitrogen and oxygen atoms in total. The van der Waals surface area contributed by atoms with Gasteiger partial charge in [0.05, 0.1) is 37.1 Å². The average molecular weight is 384 g/mol. The topological polar surface area (TPSA) is 116 Å². The van der Waals surface area contributed by atoms with Crippen molar-refractivity contribution in [1.82, 2.24) is 4.90 Å². The summed E-state index contributed by atoms with van der Waals surface area (Å²) in [7, 11) is 1.22. The van der Waals surface area contributed by atoms with Crippen LogP contribution in [0.2, 0.25) is 0 Å². The highest BCUT2D eigenvalue weighted by molar-refractivity contribution is 6.11. The summed E-state index contributed by atoms with van der Waals surface area (Å²) in [4.78, 5) is 37.9. The first-order valence-corrected chi connectivity index (χ1v) is 8.63. The molecule has 3 rings (SSSR count). The second-order valence-electron chi connectivity index (χ2n) is 6.37. The van der Waals surface area contributed by atoms with Crippen LogP contribution in [-0.2, 0) is 14.3 Å². The normalized spacial score (nSPS) is 14.0. The number of aliphatic hydroxyl groups is 1. The van der Waals surface area contributed by atoms with Crippen LogP contribution in [0.3, 0.4) is 0 Å². The molecule has 146 valence electrons. The number of aliphatic hydroxyl groups excluding tert-OH is 1. The second kappa shape index (κ2) is 7.69. The third kappa shape index (κ3) is 3.29. The number of benzene rings is 2. The lowest BCUT2D eigenvalue weighted by atomic mass is 9.98. The van der Waals surface area contributed by atoms with Gasteiger partial charge in [0, 0.05) is 11.9 Å². The van der Waals surface area contributed by atoms with E-state index in [1.807, 2.05) is 0 Å². The summed E-state index contributed by atoms with van der Waals surface area (Å²) in [6.45, 7) is 1.47. The Morgan fingerprint density at radius 3 is 2.64 bits per heavy atom. The smallest absolute Gasteiger partial charge is 0.337 e. The molecule has 1 aliphatic rings. The van der Waals surface area contributed by atoms with Gasteiger partial charge in [0.2, 0.25) is 0 Å². The highest BCUT2D eigenvalue weighted by Gasteiger charge is 2.35. The molecule has 0 saturated heterocycles. The van der Waals surface area contributed by atoms with Gasteiger partial charge >= 0.3 is 11.9 Å². The standard InChI is InChI=1S/C20H20N2O6/c1-11-14(19(25)26)9-12-5-3-4-6-13(12)16(11)21-17-15(20(27)28-2)10-22(7-8-23)18(17)24/h3-6,9,21,23H,7-8,10H2,1-2H3,(H,25,26). The van der Waals surface area contributed by atoms with Crippen LogP contribution in [0.15, 0.2) is 41.6 Å². The molecular weight excluding hydrogens is 364 g/mol. The zero-order valence-corrected chi connectivity index (χ0v) is 15.5. The summed E-state index contributed by atoms with van der Waals surface area (Å²) >= 11 is 0. The van der Waals surface area contributed by atoms with E-state index in [9.17, 15) is 24.6 Å². The number of rotatable bonds is 6. The van der Waals surface area contributed by atoms with Gasteiger partial charge in [0.25, 0.3) is 5.91 Å². The minimum atomic E-state index is -1.09. The largest absolute Gasteiger partial charge is 0.478 e. The monoisotopic (exact) mass is 384 g/mol. The lowest BCUT2D eigenvalue weighted by Gasteiger charge is -2.18. The molecule has 0 saturated carbocycles. The third-order valence-corrected chi connectivity index (χ3v) is 4.74. The first-order valence-electron chi connectivity index (χ1n) is 8.63. The molecule has 8 heteroatoms. The van der Waals surface area contributed by atoms with Crippen LogP contribution in [0.5, 0.6) is 0 Å². The molecule has 28 heavy (non-hydrogen) atoms. The van der Waals surface area contributed by atoms with E-state index >= 15 is 0 Å². The predicted molar refractivity (Wildman–Crippen MR) is 102 cm³/mol. The van der Waals surface area contributed by atoms with Crippen molar-refractivity contribution < 1.29 is 29.3 Å². The van der Waals surface area contributed by atoms with Crippen LogP contribution in [0, 0.1) is 6.92 Å². The second-order valence-corrected chi connectivity index (χ2v) is 6.37. The lowest BCUT2D eigenvalue weighted by Crippen LogP contribution is -2.31. The van der Waals surface area contributed by atoms with Crippen molar-refractivity contribution in [2.45, 2.75) is 6.92 Å². The summed E-state index contributed by atoms with van der Waals surface area (Å²) in [5, 5.41) is 23.1. The summed E-state index contributed by atoms with van der Waals surface area (Å²) in [5.41, 5.74) is 1.13. The van der Waals surface area contributed by atoms with Crippen molar-refractivity contribution in [2.24, 2.45) is 0 Å². The van der Waals surface area contributed by atoms with Crippen LogP contribution >= 0.6 is 0 Å². The van der Waals surface area contributed by atoms with E-state index in [2.05, 4.69) is 5.32 Å². The van der Waals surface area contributed by atoms with Crippen LogP contribution in [-0.4, -0.2) is 59.8 Å². The van der Waals surface area contributed by atoms with E-state index in [4.69, 9.17) is 4.74 Å². The number of carbonyl (C=O) groups is 3. The number of fused-ring (bicyclic) bond motifs is 1. The number of hydrogen-bond donors (Lipinski definition) is 3. The first-order chi connectivity index (χ1) is 13.4. The highest BCUT2D eigenvalue weighted by Crippen LogP contribution is 2.33. The summed E-state index contributed by atoms with van der Waals surface area (Å²) in [6, 6.07) is 8.74. The Kier molecular flexibility index (Phi) is 5.32. The molecule has 2 aromatic carbocycles. The van der Waals surface area contributed by atoms with Crippen LogP contribution in [0.25, 0.3) is 10.8 Å². The van der Waals surface area contributed by atoms with Gasteiger partial charge in [-0.3, -0.25) is 4.79 Å². The maximum atomic E-state index is 12.8. The molecule has 0 atom stereocenters. The Labute approximate surface area is 161 Å². The van der Waals surface area contributed by atoms with Crippen molar-refractivity contribution >= 4 is 34.3 Å². The molecule has 0 fully saturated rings. The summed E-state index contributed by atoms with van der Waals surface area (Å²) in [6.07, 6.45) is 0. The molecular formula is C20H20N2O6. The van der Waals surface area contributed by atoms with E-state index in [0.717, 1.165) is 5.39 Å². The molecule has 0 bridgehead atoms. The number of hydrogen-bond acceptors (Lipinski definition) is 6. The molecule has 0 aromatic heterocycles. The SMILES string of the molecule is COC(=O)C1=C(Nc2c(C)c(C(=O)O)cc3ccccc23)C(=O)N(CCO)C1. The Balaban J connectivity index is 2.17. The number of ether oxygens (including phenoxy) is 1. The van der Waals surface area contributed by atoms with Gasteiger partial charge in [-0.2, -0.15) is 0 Å². The van der Waals surface area contributed by atoms with Crippen molar-refractivity contribution in [3.63, 3.8) is 0 Å². The number of nitrogens with one attached hydrogen (secondary N) is 1. The van der Waals surface area contributed by atoms with Gasteiger partial charge in [0.15, 0.2) is 0 Å². The number of nitrogens with zero attached hydrogens (tertiary/aromatic N) is 1. The Bertz CT molecular complexity index is 1010. The van der Waals surface area contributed by atoms with E-state index in [0.29, 0.717) is 16.6 Å². The lowest BCUT2D eigenvalue weighted by molar-refractivity contribution is -0.136. The fourth-order valence-corrected chi connectivity index (χ4v) is 3.31. The minimum Gasteiger partial charge on any atom is -0.478 e. The Hall–Kier alpha value is -3.39. The van der Waals surface area contributed by atoms with Gasteiger partial charge in [-0.05, 0) is 23.9 Å². The highest BCUT2D eigenvalue weighted by atomic mass is 16.5. The van der Waals surface area contributed by atoms with E-state index in [-0.39, 0.29) is 36.5 Å². The first kappa shape index (κ1) is 19.4. The van der Waals surface area contributed by atoms with Crippen molar-refractivity contribution in [3.8, 4) is 0 Å². The van der Waals surface area contributed by atoms with E-state index in [1.54, 1.807) is 37.3 Å². The number of methoxy groups -OCH3 is 1. The molecule has 3 N–H and O–H groups in total. The van der Waals surface area contributed by atoms with Crippen molar-refractivity contribution in [3.05, 3.63) is 52.7 Å². The number of β-amino-alcohol motifs (C(OH)–C–C–N with tert-alkyl or cyclic N) is 1. The molecule has 0 radical (unpaired) electrons. The molecule has 1 heterocycles. The third-order valence-electron chi connectivity index (χ3n) is 4.74. The zero-order chi connectivity index (χ0) is 20.4. The summed E-state index contributed by atoms with van der Waals surface area (Å²) in [5.74, 6) is -2.21. The Morgan fingerprint density at radius 1 is 1.29 bits per heavy atom. The van der Waals surface area contributed by atoms with Gasteiger partial charge in [-0.15, -0.1) is 0 Å². The zero-order valence-electron chi connectivity index (χ0n) is 15.5. The average Bonchev–Trinajstić information content (AvgIpc) is 2.99. The number of carboxylic acids is 1. The van der Waals surface area contributed by atoms with Crippen molar-refractivity contribution in [2.75, 3.05) is 32.1 Å². The van der Waals surface area contributed by atoms with Crippen LogP contribution < -0.4 is 5.32 Å². The minimum absolute atomic E-state index is 0.00397. The van der Waals surface area contributed by atoms with Crippen molar-refractivity contribution in [1.29, 1.82) is 0 Å². The maximum Gasteiger partial charge on any atom is 0.337 e. The van der Waals surface area contributed by atoms with E-state index < -0.39 is 17.8 Å². The molecule has 2 aromatic rings. The molecule has 1 aliphatic heterocycles. The number of amides is 1. The number of anilines is 1. The molecule has 0 spiro atoms. The summed E-state index contributed by atoms with van der Waals surface area (Å²) < 4.78 is 4.78. The number of carboxylic acid groups (broad SMARTS) is 1. The van der Waals surface area contributed by atoms with Crippen LogP contribution in [0.4, 0.5) is 5.69 Å². The molecule has 0 aliphatic carbocycles. The molecule has 0 unspecified atom stereocenters.